The minimum Gasteiger partial charge on any atom is -0.383 e. The molecule has 0 radical (unpaired) electrons. The molecule has 1 heterocycles. The highest BCUT2D eigenvalue weighted by Crippen LogP contribution is 2.31. The summed E-state index contributed by atoms with van der Waals surface area (Å²) in [4.78, 5) is 9.31. The zero-order chi connectivity index (χ0) is 14.2. The Kier molecular flexibility index (Phi) is 6.26. The third-order valence-corrected chi connectivity index (χ3v) is 3.95. The van der Waals surface area contributed by atoms with Gasteiger partial charge in [-0.2, -0.15) is 0 Å². The SMILES string of the molecule is COCCNCc1ccc(Sc2ncccn2)c(Cl)c1. The van der Waals surface area contributed by atoms with Crippen LogP contribution in [0.25, 0.3) is 0 Å². The first kappa shape index (κ1) is 15.3. The van der Waals surface area contributed by atoms with Crippen LogP contribution in [0, 0.1) is 0 Å². The van der Waals surface area contributed by atoms with Gasteiger partial charge in [-0.1, -0.05) is 17.7 Å². The zero-order valence-corrected chi connectivity index (χ0v) is 12.7. The minimum absolute atomic E-state index is 0.695. The molecule has 0 atom stereocenters. The van der Waals surface area contributed by atoms with E-state index in [4.69, 9.17) is 16.3 Å². The summed E-state index contributed by atoms with van der Waals surface area (Å²) in [6, 6.07) is 7.81. The van der Waals surface area contributed by atoms with E-state index < -0.39 is 0 Å². The van der Waals surface area contributed by atoms with E-state index in [-0.39, 0.29) is 0 Å². The largest absolute Gasteiger partial charge is 0.383 e. The van der Waals surface area contributed by atoms with Crippen molar-refractivity contribution in [1.82, 2.24) is 15.3 Å². The molecule has 0 aliphatic heterocycles. The van der Waals surface area contributed by atoms with Gasteiger partial charge in [0.1, 0.15) is 0 Å². The van der Waals surface area contributed by atoms with Gasteiger partial charge in [-0.25, -0.2) is 9.97 Å². The van der Waals surface area contributed by atoms with Crippen LogP contribution in [0.5, 0.6) is 0 Å². The Balaban J connectivity index is 1.95. The molecule has 0 aliphatic rings. The first-order chi connectivity index (χ1) is 9.79. The van der Waals surface area contributed by atoms with Crippen LogP contribution in [0.4, 0.5) is 0 Å². The molecule has 106 valence electrons. The third kappa shape index (κ3) is 4.76. The molecule has 2 aromatic rings. The van der Waals surface area contributed by atoms with Gasteiger partial charge in [0.25, 0.3) is 0 Å². The molecule has 20 heavy (non-hydrogen) atoms. The predicted octanol–water partition coefficient (Wildman–Crippen LogP) is 3.02. The number of hydrogen-bond acceptors (Lipinski definition) is 5. The van der Waals surface area contributed by atoms with Gasteiger partial charge in [0.05, 0.1) is 11.6 Å². The standard InChI is InChI=1S/C14H16ClN3OS/c1-19-8-7-16-10-11-3-4-13(12(15)9-11)20-14-17-5-2-6-18-14/h2-6,9,16H,7-8,10H2,1H3. The molecule has 1 aromatic carbocycles. The fraction of sp³-hybridized carbons (Fsp3) is 0.286. The normalized spacial score (nSPS) is 10.7. The molecule has 0 unspecified atom stereocenters. The van der Waals surface area contributed by atoms with Crippen molar-refractivity contribution in [3.05, 3.63) is 47.2 Å². The van der Waals surface area contributed by atoms with Gasteiger partial charge >= 0.3 is 0 Å². The van der Waals surface area contributed by atoms with Crippen molar-refractivity contribution in [2.45, 2.75) is 16.6 Å². The molecule has 0 spiro atoms. The highest BCUT2D eigenvalue weighted by atomic mass is 35.5. The molecule has 1 N–H and O–H groups in total. The van der Waals surface area contributed by atoms with Gasteiger partial charge in [-0.15, -0.1) is 0 Å². The van der Waals surface area contributed by atoms with Crippen molar-refractivity contribution < 1.29 is 4.74 Å². The van der Waals surface area contributed by atoms with Gasteiger partial charge in [-0.05, 0) is 35.5 Å². The van der Waals surface area contributed by atoms with Crippen LogP contribution in [-0.2, 0) is 11.3 Å². The van der Waals surface area contributed by atoms with Gasteiger partial charge in [-0.3, -0.25) is 0 Å². The number of ether oxygens (including phenoxy) is 1. The molecule has 0 amide bonds. The van der Waals surface area contributed by atoms with Gasteiger partial charge in [0.2, 0.25) is 0 Å². The topological polar surface area (TPSA) is 47.0 Å². The van der Waals surface area contributed by atoms with Crippen molar-refractivity contribution >= 4 is 23.4 Å². The first-order valence-electron chi connectivity index (χ1n) is 6.22. The lowest BCUT2D eigenvalue weighted by atomic mass is 10.2. The second kappa shape index (κ2) is 8.21. The lowest BCUT2D eigenvalue weighted by Crippen LogP contribution is -2.18. The van der Waals surface area contributed by atoms with E-state index >= 15 is 0 Å². The maximum absolute atomic E-state index is 6.29. The monoisotopic (exact) mass is 309 g/mol. The molecule has 0 aliphatic carbocycles. The highest BCUT2D eigenvalue weighted by Gasteiger charge is 2.05. The van der Waals surface area contributed by atoms with E-state index in [1.54, 1.807) is 25.6 Å². The highest BCUT2D eigenvalue weighted by molar-refractivity contribution is 7.99. The molecule has 0 fully saturated rings. The van der Waals surface area contributed by atoms with Crippen LogP contribution in [0.15, 0.2) is 46.7 Å². The smallest absolute Gasteiger partial charge is 0.192 e. The summed E-state index contributed by atoms with van der Waals surface area (Å²) in [6.45, 7) is 2.30. The fourth-order valence-corrected chi connectivity index (χ4v) is 2.62. The van der Waals surface area contributed by atoms with Crippen LogP contribution in [0.3, 0.4) is 0 Å². The van der Waals surface area contributed by atoms with E-state index in [1.807, 2.05) is 12.1 Å². The summed E-state index contributed by atoms with van der Waals surface area (Å²) in [5, 5.41) is 4.69. The Morgan fingerprint density at radius 2 is 2.10 bits per heavy atom. The Bertz CT molecular complexity index is 539. The van der Waals surface area contributed by atoms with Crippen LogP contribution < -0.4 is 5.32 Å². The molecule has 1 aromatic heterocycles. The Hall–Kier alpha value is -1.14. The van der Waals surface area contributed by atoms with Crippen LogP contribution >= 0.6 is 23.4 Å². The number of benzene rings is 1. The van der Waals surface area contributed by atoms with E-state index in [2.05, 4.69) is 21.4 Å². The zero-order valence-electron chi connectivity index (χ0n) is 11.2. The summed E-state index contributed by atoms with van der Waals surface area (Å²) < 4.78 is 4.98. The van der Waals surface area contributed by atoms with Gasteiger partial charge in [0, 0.05) is 37.5 Å². The quantitative estimate of drug-likeness (QED) is 0.629. The Morgan fingerprint density at radius 1 is 1.30 bits per heavy atom. The van der Waals surface area contributed by atoms with Crippen molar-refractivity contribution in [2.24, 2.45) is 0 Å². The number of halogens is 1. The first-order valence-corrected chi connectivity index (χ1v) is 7.42. The number of nitrogens with one attached hydrogen (secondary N) is 1. The van der Waals surface area contributed by atoms with Crippen molar-refractivity contribution in [2.75, 3.05) is 20.3 Å². The van der Waals surface area contributed by atoms with Crippen LogP contribution in [-0.4, -0.2) is 30.2 Å². The maximum atomic E-state index is 6.29. The number of hydrogen-bond donors (Lipinski definition) is 1. The number of nitrogens with zero attached hydrogens (tertiary/aromatic N) is 2. The average molecular weight is 310 g/mol. The fourth-order valence-electron chi connectivity index (χ4n) is 1.58. The summed E-state index contributed by atoms with van der Waals surface area (Å²) in [5.41, 5.74) is 1.14. The van der Waals surface area contributed by atoms with Crippen molar-refractivity contribution in [3.63, 3.8) is 0 Å². The lowest BCUT2D eigenvalue weighted by molar-refractivity contribution is 0.199. The van der Waals surface area contributed by atoms with Crippen LogP contribution in [0.2, 0.25) is 5.02 Å². The predicted molar refractivity (Wildman–Crippen MR) is 81.2 cm³/mol. The molecule has 0 saturated heterocycles. The Labute approximate surface area is 127 Å². The summed E-state index contributed by atoms with van der Waals surface area (Å²) >= 11 is 7.75. The van der Waals surface area contributed by atoms with Crippen molar-refractivity contribution in [1.29, 1.82) is 0 Å². The lowest BCUT2D eigenvalue weighted by Gasteiger charge is -2.07. The minimum atomic E-state index is 0.695. The second-order valence-electron chi connectivity index (χ2n) is 4.07. The number of aromatic nitrogens is 2. The second-order valence-corrected chi connectivity index (χ2v) is 5.48. The molecule has 0 saturated carbocycles. The maximum Gasteiger partial charge on any atom is 0.192 e. The number of rotatable bonds is 7. The molecule has 4 nitrogen and oxygen atoms in total. The van der Waals surface area contributed by atoms with Crippen LogP contribution in [0.1, 0.15) is 5.56 Å². The Morgan fingerprint density at radius 3 is 2.80 bits per heavy atom. The van der Waals surface area contributed by atoms with Crippen molar-refractivity contribution in [3.8, 4) is 0 Å². The van der Waals surface area contributed by atoms with E-state index in [1.165, 1.54) is 11.8 Å². The summed E-state index contributed by atoms with van der Waals surface area (Å²) in [5.74, 6) is 0. The summed E-state index contributed by atoms with van der Waals surface area (Å²) in [7, 11) is 1.69. The average Bonchev–Trinajstić information content (AvgIpc) is 2.47. The molecular formula is C14H16ClN3OS. The molecular weight excluding hydrogens is 294 g/mol. The van der Waals surface area contributed by atoms with E-state index in [0.717, 1.165) is 23.5 Å². The molecule has 0 bridgehead atoms. The third-order valence-electron chi connectivity index (χ3n) is 2.55. The number of methoxy groups -OCH3 is 1. The van der Waals surface area contributed by atoms with E-state index in [9.17, 15) is 0 Å². The van der Waals surface area contributed by atoms with Gasteiger partial charge in [0.15, 0.2) is 5.16 Å². The molecule has 2 rings (SSSR count). The molecule has 6 heteroatoms. The van der Waals surface area contributed by atoms with E-state index in [0.29, 0.717) is 16.8 Å². The van der Waals surface area contributed by atoms with Gasteiger partial charge < -0.3 is 10.1 Å². The summed E-state index contributed by atoms with van der Waals surface area (Å²) in [6.07, 6.45) is 3.44.